The maximum absolute atomic E-state index is 9.83. The van der Waals surface area contributed by atoms with E-state index in [9.17, 15) is 4.79 Å². The van der Waals surface area contributed by atoms with E-state index in [4.69, 9.17) is 10.8 Å². The zero-order chi connectivity index (χ0) is 20.3. The average Bonchev–Trinajstić information content (AvgIpc) is 2.57. The van der Waals surface area contributed by atoms with Crippen LogP contribution in [0.15, 0.2) is 12.2 Å². The molecule has 0 amide bonds. The predicted molar refractivity (Wildman–Crippen MR) is 116 cm³/mol. The summed E-state index contributed by atoms with van der Waals surface area (Å²) in [6.07, 6.45) is 20.2. The molecule has 3 heteroatoms. The van der Waals surface area contributed by atoms with E-state index < -0.39 is 5.97 Å². The summed E-state index contributed by atoms with van der Waals surface area (Å²) in [5, 5.41) is 8.08. The Morgan fingerprint density at radius 2 is 1.15 bits per heavy atom. The maximum atomic E-state index is 9.83. The van der Waals surface area contributed by atoms with Crippen molar-refractivity contribution in [1.29, 1.82) is 0 Å². The molecule has 26 heavy (non-hydrogen) atoms. The fourth-order valence-corrected chi connectivity index (χ4v) is 2.75. The molecule has 3 nitrogen and oxygen atoms in total. The van der Waals surface area contributed by atoms with Crippen molar-refractivity contribution in [3.63, 3.8) is 0 Å². The molecular formula is C23H47NO2. The molecule has 0 rings (SSSR count). The summed E-state index contributed by atoms with van der Waals surface area (Å²) < 4.78 is 0. The monoisotopic (exact) mass is 369 g/mol. The summed E-state index contributed by atoms with van der Waals surface area (Å²) in [7, 11) is 0. The van der Waals surface area contributed by atoms with Crippen molar-refractivity contribution in [2.45, 2.75) is 130 Å². The van der Waals surface area contributed by atoms with Crippen LogP contribution in [-0.4, -0.2) is 16.6 Å². The van der Waals surface area contributed by atoms with Gasteiger partial charge in [-0.2, -0.15) is 0 Å². The Labute approximate surface area is 163 Å². The number of hydrogen-bond donors (Lipinski definition) is 2. The Balaban J connectivity index is 0. The van der Waals surface area contributed by atoms with Crippen molar-refractivity contribution in [3.8, 4) is 0 Å². The first-order valence-corrected chi connectivity index (χ1v) is 10.9. The minimum absolute atomic E-state index is 0.0395. The minimum Gasteiger partial charge on any atom is -0.478 e. The molecule has 0 atom stereocenters. The lowest BCUT2D eigenvalue weighted by Crippen LogP contribution is -2.31. The molecule has 0 saturated heterocycles. The number of carbonyl (C=O) groups is 1. The van der Waals surface area contributed by atoms with E-state index in [2.05, 4.69) is 27.4 Å². The predicted octanol–water partition coefficient (Wildman–Crippen LogP) is 7.24. The van der Waals surface area contributed by atoms with E-state index in [0.29, 0.717) is 6.42 Å². The van der Waals surface area contributed by atoms with Crippen LogP contribution in [0.25, 0.3) is 0 Å². The van der Waals surface area contributed by atoms with E-state index in [1.165, 1.54) is 89.9 Å². The average molecular weight is 370 g/mol. The fourth-order valence-electron chi connectivity index (χ4n) is 2.75. The third kappa shape index (κ3) is 25.4. The number of carboxylic acids is 1. The van der Waals surface area contributed by atoms with Gasteiger partial charge in [-0.3, -0.25) is 0 Å². The molecule has 0 unspecified atom stereocenters. The molecule has 0 fully saturated rings. The molecule has 0 radical (unpaired) electrons. The largest absolute Gasteiger partial charge is 0.478 e. The van der Waals surface area contributed by atoms with Crippen LogP contribution in [-0.2, 0) is 4.79 Å². The van der Waals surface area contributed by atoms with Crippen LogP contribution < -0.4 is 5.73 Å². The van der Waals surface area contributed by atoms with Crippen LogP contribution in [0.1, 0.15) is 124 Å². The topological polar surface area (TPSA) is 63.3 Å². The lowest BCUT2D eigenvalue weighted by molar-refractivity contribution is -0.132. The van der Waals surface area contributed by atoms with E-state index in [1.807, 2.05) is 0 Å². The normalized spacial score (nSPS) is 11.0. The molecule has 0 aliphatic carbocycles. The van der Waals surface area contributed by atoms with E-state index in [-0.39, 0.29) is 11.1 Å². The lowest BCUT2D eigenvalue weighted by Gasteiger charge is -2.17. The third-order valence-electron chi connectivity index (χ3n) is 4.65. The first kappa shape index (κ1) is 27.4. The first-order valence-electron chi connectivity index (χ1n) is 10.9. The second-order valence-electron chi connectivity index (χ2n) is 8.24. The van der Waals surface area contributed by atoms with Crippen LogP contribution in [0.5, 0.6) is 0 Å². The summed E-state index contributed by atoms with van der Waals surface area (Å²) in [6.45, 7) is 11.6. The number of unbranched alkanes of at least 4 members (excludes halogenated alkanes) is 12. The molecule has 156 valence electrons. The molecule has 0 aromatic rings. The maximum Gasteiger partial charge on any atom is 0.330 e. The van der Waals surface area contributed by atoms with Crippen LogP contribution in [0.2, 0.25) is 0 Å². The summed E-state index contributed by atoms with van der Waals surface area (Å²) >= 11 is 0. The van der Waals surface area contributed by atoms with Gasteiger partial charge in [0.25, 0.3) is 0 Å². The van der Waals surface area contributed by atoms with Gasteiger partial charge in [0.1, 0.15) is 0 Å². The van der Waals surface area contributed by atoms with Crippen molar-refractivity contribution in [1.82, 2.24) is 0 Å². The SMILES string of the molecule is C=C(CC)C(=O)O.CCCCCCCCCCCCCCCC(C)(C)N. The number of aliphatic carboxylic acids is 1. The third-order valence-corrected chi connectivity index (χ3v) is 4.65. The zero-order valence-electron chi connectivity index (χ0n) is 18.2. The number of rotatable bonds is 16. The number of carboxylic acid groups (broad SMARTS) is 1. The molecule has 0 bridgehead atoms. The van der Waals surface area contributed by atoms with Crippen LogP contribution in [0, 0.1) is 0 Å². The molecule has 0 saturated carbocycles. The lowest BCUT2D eigenvalue weighted by atomic mass is 9.97. The highest BCUT2D eigenvalue weighted by Crippen LogP contribution is 2.15. The molecule has 0 aliphatic rings. The van der Waals surface area contributed by atoms with Crippen molar-refractivity contribution >= 4 is 5.97 Å². The van der Waals surface area contributed by atoms with Crippen molar-refractivity contribution in [3.05, 3.63) is 12.2 Å². The first-order chi connectivity index (χ1) is 12.2. The Morgan fingerprint density at radius 1 is 0.808 bits per heavy atom. The summed E-state index contributed by atoms with van der Waals surface area (Å²) in [6, 6.07) is 0. The Hall–Kier alpha value is -0.830. The van der Waals surface area contributed by atoms with Gasteiger partial charge in [0, 0.05) is 11.1 Å². The quantitative estimate of drug-likeness (QED) is 0.222. The van der Waals surface area contributed by atoms with E-state index in [1.54, 1.807) is 6.92 Å². The number of nitrogens with two attached hydrogens (primary N) is 1. The standard InChI is InChI=1S/C18H39N.C5H8O2/c1-4-5-6-7-8-9-10-11-12-13-14-15-16-17-18(2,3)19;1-3-4(2)5(6)7/h4-17,19H2,1-3H3;2-3H2,1H3,(H,6,7). The van der Waals surface area contributed by atoms with Crippen molar-refractivity contribution in [2.24, 2.45) is 5.73 Å². The van der Waals surface area contributed by atoms with Gasteiger partial charge in [-0.15, -0.1) is 0 Å². The van der Waals surface area contributed by atoms with Gasteiger partial charge < -0.3 is 10.8 Å². The second-order valence-corrected chi connectivity index (χ2v) is 8.24. The Kier molecular flexibility index (Phi) is 20.0. The van der Waals surface area contributed by atoms with Crippen molar-refractivity contribution < 1.29 is 9.90 Å². The van der Waals surface area contributed by atoms with Crippen molar-refractivity contribution in [2.75, 3.05) is 0 Å². The molecular weight excluding hydrogens is 322 g/mol. The highest BCUT2D eigenvalue weighted by atomic mass is 16.4. The summed E-state index contributed by atoms with van der Waals surface area (Å²) in [5.74, 6) is -0.900. The van der Waals surface area contributed by atoms with Gasteiger partial charge in [0.05, 0.1) is 0 Å². The molecule has 0 aliphatic heterocycles. The number of hydrogen-bond acceptors (Lipinski definition) is 2. The summed E-state index contributed by atoms with van der Waals surface area (Å²) in [5.41, 5.74) is 6.28. The van der Waals surface area contributed by atoms with Gasteiger partial charge in [-0.1, -0.05) is 104 Å². The molecule has 0 aromatic carbocycles. The van der Waals surface area contributed by atoms with Gasteiger partial charge in [0.15, 0.2) is 0 Å². The van der Waals surface area contributed by atoms with Crippen LogP contribution >= 0.6 is 0 Å². The Morgan fingerprint density at radius 3 is 1.38 bits per heavy atom. The molecule has 0 heterocycles. The van der Waals surface area contributed by atoms with Gasteiger partial charge >= 0.3 is 5.97 Å². The highest BCUT2D eigenvalue weighted by Gasteiger charge is 2.08. The van der Waals surface area contributed by atoms with Gasteiger partial charge in [0.2, 0.25) is 0 Å². The van der Waals surface area contributed by atoms with Crippen LogP contribution in [0.4, 0.5) is 0 Å². The molecule has 0 spiro atoms. The zero-order valence-corrected chi connectivity index (χ0v) is 18.2. The van der Waals surface area contributed by atoms with Gasteiger partial charge in [-0.25, -0.2) is 4.79 Å². The summed E-state index contributed by atoms with van der Waals surface area (Å²) in [4.78, 5) is 9.83. The molecule has 0 aromatic heterocycles. The second kappa shape index (κ2) is 18.9. The van der Waals surface area contributed by atoms with Gasteiger partial charge in [-0.05, 0) is 26.7 Å². The molecule has 3 N–H and O–H groups in total. The highest BCUT2D eigenvalue weighted by molar-refractivity contribution is 5.85. The smallest absolute Gasteiger partial charge is 0.330 e. The Bertz CT molecular complexity index is 332. The van der Waals surface area contributed by atoms with E-state index >= 15 is 0 Å². The van der Waals surface area contributed by atoms with E-state index in [0.717, 1.165) is 0 Å². The fraction of sp³-hybridized carbons (Fsp3) is 0.870. The van der Waals surface area contributed by atoms with Crippen LogP contribution in [0.3, 0.4) is 0 Å². The minimum atomic E-state index is -0.900.